The zero-order valence-corrected chi connectivity index (χ0v) is 46.8. The van der Waals surface area contributed by atoms with Crippen molar-refractivity contribution in [3.63, 3.8) is 0 Å². The highest BCUT2D eigenvalue weighted by atomic mass is 16.8. The zero-order valence-electron chi connectivity index (χ0n) is 46.8. The van der Waals surface area contributed by atoms with Gasteiger partial charge < -0.3 is 33.2 Å². The number of carbonyl (C=O) groups is 6. The standard InChI is InChI=1S/C57H104N2O13/c1-9-13-23-31-46(32-24-14-10-2)39-41-66-49(60)35-27-19-17-21-29-37-51(62)70-55-48(45-68-53(64)43-58(5)6)69-57(72-54(65)44-59(7)8)56(55)71-52(63)38-30-22-18-20-28-36-50(61)67-42-40-47(33-25-15-11-3)34-26-16-12-4/h46-48,55-57H,9-45H2,1-8H3/t48-,55+,56?,57+/m1/s1. The first-order chi connectivity index (χ1) is 34.7. The first-order valence-corrected chi connectivity index (χ1v) is 28.7. The van der Waals surface area contributed by atoms with Crippen LogP contribution < -0.4 is 0 Å². The van der Waals surface area contributed by atoms with Crippen LogP contribution >= 0.6 is 0 Å². The third-order valence-electron chi connectivity index (χ3n) is 13.3. The summed E-state index contributed by atoms with van der Waals surface area (Å²) in [6.45, 7) is 9.44. The van der Waals surface area contributed by atoms with Crippen molar-refractivity contribution in [3.05, 3.63) is 0 Å². The second kappa shape index (κ2) is 44.0. The van der Waals surface area contributed by atoms with Crippen LogP contribution in [0.3, 0.4) is 0 Å². The van der Waals surface area contributed by atoms with Crippen LogP contribution in [0.4, 0.5) is 0 Å². The van der Waals surface area contributed by atoms with Crippen LogP contribution in [-0.4, -0.2) is 131 Å². The molecular formula is C57H104N2O13. The van der Waals surface area contributed by atoms with E-state index in [-0.39, 0.29) is 44.5 Å². The highest BCUT2D eigenvalue weighted by Crippen LogP contribution is 2.30. The predicted octanol–water partition coefficient (Wildman–Crippen LogP) is 11.6. The number of unbranched alkanes of at least 4 members (excludes halogenated alkanes) is 16. The van der Waals surface area contributed by atoms with E-state index in [1.54, 1.807) is 38.0 Å². The molecule has 0 amide bonds. The molecule has 1 fully saturated rings. The summed E-state index contributed by atoms with van der Waals surface area (Å²) < 4.78 is 40.2. The van der Waals surface area contributed by atoms with E-state index in [1.165, 1.54) is 103 Å². The first kappa shape index (κ1) is 66.7. The molecule has 0 aromatic heterocycles. The molecule has 0 spiro atoms. The van der Waals surface area contributed by atoms with Gasteiger partial charge in [-0.05, 0) is 78.6 Å². The van der Waals surface area contributed by atoms with Gasteiger partial charge in [0, 0.05) is 25.7 Å². The van der Waals surface area contributed by atoms with Crippen LogP contribution in [0.15, 0.2) is 0 Å². The molecule has 15 heteroatoms. The van der Waals surface area contributed by atoms with Crippen LogP contribution in [0.5, 0.6) is 0 Å². The van der Waals surface area contributed by atoms with E-state index < -0.39 is 48.5 Å². The Hall–Kier alpha value is -3.30. The molecule has 420 valence electrons. The zero-order chi connectivity index (χ0) is 53.2. The highest BCUT2D eigenvalue weighted by molar-refractivity contribution is 5.73. The average molecular weight is 1030 g/mol. The van der Waals surface area contributed by atoms with Gasteiger partial charge in [0.25, 0.3) is 0 Å². The van der Waals surface area contributed by atoms with Crippen LogP contribution in [0.1, 0.15) is 233 Å². The molecule has 0 radical (unpaired) electrons. The molecule has 0 N–H and O–H groups in total. The van der Waals surface area contributed by atoms with Gasteiger partial charge in [0.1, 0.15) is 12.7 Å². The van der Waals surface area contributed by atoms with E-state index in [4.69, 9.17) is 33.2 Å². The molecule has 1 rings (SSSR count). The molecule has 1 aliphatic heterocycles. The topological polar surface area (TPSA) is 174 Å². The molecule has 0 aromatic rings. The second-order valence-corrected chi connectivity index (χ2v) is 20.9. The van der Waals surface area contributed by atoms with Crippen LogP contribution in [0.2, 0.25) is 0 Å². The minimum atomic E-state index is -1.41. The molecular weight excluding hydrogens is 921 g/mol. The predicted molar refractivity (Wildman–Crippen MR) is 282 cm³/mol. The molecule has 4 atom stereocenters. The minimum Gasteiger partial charge on any atom is -0.466 e. The van der Waals surface area contributed by atoms with Crippen molar-refractivity contribution in [3.8, 4) is 0 Å². The molecule has 0 bridgehead atoms. The molecule has 1 saturated heterocycles. The number of rotatable bonds is 47. The van der Waals surface area contributed by atoms with Gasteiger partial charge in [0.05, 0.1) is 26.3 Å². The Kier molecular flexibility index (Phi) is 40.8. The summed E-state index contributed by atoms with van der Waals surface area (Å²) in [5.41, 5.74) is 0. The lowest BCUT2D eigenvalue weighted by Crippen LogP contribution is -2.43. The van der Waals surface area contributed by atoms with Gasteiger partial charge in [-0.15, -0.1) is 0 Å². The molecule has 15 nitrogen and oxygen atoms in total. The van der Waals surface area contributed by atoms with E-state index >= 15 is 0 Å². The number of esters is 6. The SMILES string of the molecule is CCCCCC(CCCCC)CCOC(=O)CCCCCCCC(=O)OC1[C@H](OC(=O)CN(C)C)O[C@H](COC(=O)CN(C)C)[C@@H]1OC(=O)CCCCCCCC(=O)OCCC(CCCCC)CCCCC. The summed E-state index contributed by atoms with van der Waals surface area (Å²) in [7, 11) is 6.85. The molecule has 0 aliphatic carbocycles. The Balaban J connectivity index is 2.72. The van der Waals surface area contributed by atoms with Crippen molar-refractivity contribution in [1.82, 2.24) is 9.80 Å². The van der Waals surface area contributed by atoms with Crippen molar-refractivity contribution < 1.29 is 61.9 Å². The summed E-state index contributed by atoms with van der Waals surface area (Å²) in [4.78, 5) is 80.4. The summed E-state index contributed by atoms with van der Waals surface area (Å²) in [5, 5.41) is 0. The van der Waals surface area contributed by atoms with Gasteiger partial charge in [-0.1, -0.05) is 169 Å². The number of likely N-dealkylation sites (N-methyl/N-ethyl adjacent to an activating group) is 2. The van der Waals surface area contributed by atoms with Crippen molar-refractivity contribution in [1.29, 1.82) is 0 Å². The number of nitrogens with zero attached hydrogens (tertiary/aromatic N) is 2. The highest BCUT2D eigenvalue weighted by Gasteiger charge is 2.52. The Bertz CT molecular complexity index is 1410. The lowest BCUT2D eigenvalue weighted by molar-refractivity contribution is -0.200. The van der Waals surface area contributed by atoms with Gasteiger partial charge >= 0.3 is 35.8 Å². The molecule has 72 heavy (non-hydrogen) atoms. The molecule has 1 unspecified atom stereocenters. The number of ether oxygens (including phenoxy) is 7. The van der Waals surface area contributed by atoms with Crippen molar-refractivity contribution in [2.45, 2.75) is 258 Å². The van der Waals surface area contributed by atoms with Gasteiger partial charge in [-0.3, -0.25) is 38.6 Å². The molecule has 0 aromatic carbocycles. The third kappa shape index (κ3) is 35.8. The fourth-order valence-electron chi connectivity index (χ4n) is 9.07. The normalized spacial score (nSPS) is 16.7. The van der Waals surface area contributed by atoms with Gasteiger partial charge in [-0.25, -0.2) is 0 Å². The van der Waals surface area contributed by atoms with E-state index in [2.05, 4.69) is 27.7 Å². The van der Waals surface area contributed by atoms with Gasteiger partial charge in [0.2, 0.25) is 12.4 Å². The van der Waals surface area contributed by atoms with Crippen molar-refractivity contribution >= 4 is 35.8 Å². The Labute approximate surface area is 436 Å². The first-order valence-electron chi connectivity index (χ1n) is 28.7. The van der Waals surface area contributed by atoms with Crippen LogP contribution in [-0.2, 0) is 61.9 Å². The Morgan fingerprint density at radius 1 is 0.389 bits per heavy atom. The summed E-state index contributed by atoms with van der Waals surface area (Å²) >= 11 is 0. The van der Waals surface area contributed by atoms with Crippen molar-refractivity contribution in [2.75, 3.05) is 61.1 Å². The van der Waals surface area contributed by atoms with Gasteiger partial charge in [-0.2, -0.15) is 0 Å². The lowest BCUT2D eigenvalue weighted by atomic mass is 9.92. The van der Waals surface area contributed by atoms with Crippen molar-refractivity contribution in [2.24, 2.45) is 11.8 Å². The maximum atomic E-state index is 13.4. The van der Waals surface area contributed by atoms with Crippen LogP contribution in [0, 0.1) is 11.8 Å². The molecule has 0 saturated carbocycles. The molecule has 1 aliphatic rings. The molecule has 1 heterocycles. The minimum absolute atomic E-state index is 0.000193. The smallest absolute Gasteiger partial charge is 0.322 e. The third-order valence-corrected chi connectivity index (χ3v) is 13.3. The second-order valence-electron chi connectivity index (χ2n) is 20.9. The van der Waals surface area contributed by atoms with E-state index in [9.17, 15) is 28.8 Å². The Morgan fingerprint density at radius 2 is 0.750 bits per heavy atom. The van der Waals surface area contributed by atoms with E-state index in [0.717, 1.165) is 51.4 Å². The Morgan fingerprint density at radius 3 is 1.14 bits per heavy atom. The number of carbonyl (C=O) groups excluding carboxylic acids is 6. The summed E-state index contributed by atoms with van der Waals surface area (Å²) in [6, 6.07) is 0. The monoisotopic (exact) mass is 1020 g/mol. The maximum absolute atomic E-state index is 13.4. The summed E-state index contributed by atoms with van der Waals surface area (Å²) in [5.74, 6) is -1.40. The fourth-order valence-corrected chi connectivity index (χ4v) is 9.07. The average Bonchev–Trinajstić information content (AvgIpc) is 3.62. The number of hydrogen-bond acceptors (Lipinski definition) is 15. The summed E-state index contributed by atoms with van der Waals surface area (Å²) in [6.07, 6.45) is 24.5. The van der Waals surface area contributed by atoms with Crippen LogP contribution in [0.25, 0.3) is 0 Å². The van der Waals surface area contributed by atoms with Gasteiger partial charge in [0.15, 0.2) is 6.10 Å². The largest absolute Gasteiger partial charge is 0.466 e. The maximum Gasteiger partial charge on any atom is 0.322 e. The quantitative estimate of drug-likeness (QED) is 0.0320. The van der Waals surface area contributed by atoms with E-state index in [1.807, 2.05) is 0 Å². The fraction of sp³-hybridized carbons (Fsp3) is 0.895. The van der Waals surface area contributed by atoms with E-state index in [0.29, 0.717) is 63.6 Å². The number of hydrogen-bond donors (Lipinski definition) is 0. The lowest BCUT2D eigenvalue weighted by Gasteiger charge is -2.24.